The summed E-state index contributed by atoms with van der Waals surface area (Å²) in [6.45, 7) is 3.44. The van der Waals surface area contributed by atoms with Gasteiger partial charge in [-0.3, -0.25) is 0 Å². The minimum atomic E-state index is -1.04. The van der Waals surface area contributed by atoms with Gasteiger partial charge in [-0.2, -0.15) is 0 Å². The fraction of sp³-hybridized carbons (Fsp3) is 0.263. The maximum atomic E-state index is 11.7. The van der Waals surface area contributed by atoms with E-state index in [4.69, 9.17) is 0 Å². The molecule has 4 heteroatoms. The molecule has 1 N–H and O–H groups in total. The lowest BCUT2D eigenvalue weighted by Crippen LogP contribution is -2.36. The molecular formula is C19H20N2O2. The number of benzene rings is 2. The number of aryl methyl sites for hydroxylation is 2. The monoisotopic (exact) mass is 308 g/mol. The Hall–Kier alpha value is -2.62. The van der Waals surface area contributed by atoms with Gasteiger partial charge < -0.3 is 9.67 Å². The number of aliphatic carboxylic acids is 1. The fourth-order valence-electron chi connectivity index (χ4n) is 2.86. The van der Waals surface area contributed by atoms with E-state index >= 15 is 0 Å². The molecule has 4 nitrogen and oxygen atoms in total. The standard InChI is InChI=1S/C19H20N2O2/c1-19(2,18(22)23)21-16-11-7-6-10-15(16)20-17(21)13-12-14-8-4-3-5-9-14/h3-11H,12-13H2,1-2H3,(H,22,23). The largest absolute Gasteiger partial charge is 0.480 e. The van der Waals surface area contributed by atoms with Crippen LogP contribution in [0.1, 0.15) is 25.2 Å². The molecule has 0 saturated heterocycles. The lowest BCUT2D eigenvalue weighted by molar-refractivity contribution is -0.145. The molecule has 2 aromatic carbocycles. The normalized spacial score (nSPS) is 11.7. The van der Waals surface area contributed by atoms with E-state index in [1.807, 2.05) is 47.0 Å². The number of aromatic nitrogens is 2. The molecule has 0 fully saturated rings. The first-order chi connectivity index (χ1) is 11.0. The van der Waals surface area contributed by atoms with Crippen LogP contribution < -0.4 is 0 Å². The highest BCUT2D eigenvalue weighted by Crippen LogP contribution is 2.26. The highest BCUT2D eigenvalue weighted by Gasteiger charge is 2.33. The second-order valence-electron chi connectivity index (χ2n) is 6.20. The highest BCUT2D eigenvalue weighted by atomic mass is 16.4. The zero-order valence-corrected chi connectivity index (χ0v) is 13.4. The molecular weight excluding hydrogens is 288 g/mol. The van der Waals surface area contributed by atoms with Crippen LogP contribution in [0, 0.1) is 0 Å². The van der Waals surface area contributed by atoms with Crippen molar-refractivity contribution >= 4 is 17.0 Å². The van der Waals surface area contributed by atoms with Gasteiger partial charge in [0.1, 0.15) is 11.4 Å². The van der Waals surface area contributed by atoms with E-state index in [9.17, 15) is 9.90 Å². The Morgan fingerprint density at radius 2 is 1.70 bits per heavy atom. The second kappa shape index (κ2) is 5.88. The molecule has 0 aliphatic heterocycles. The molecule has 0 radical (unpaired) electrons. The third-order valence-electron chi connectivity index (χ3n) is 4.19. The summed E-state index contributed by atoms with van der Waals surface area (Å²) < 4.78 is 1.85. The van der Waals surface area contributed by atoms with E-state index in [-0.39, 0.29) is 0 Å². The smallest absolute Gasteiger partial charge is 0.329 e. The number of fused-ring (bicyclic) bond motifs is 1. The maximum Gasteiger partial charge on any atom is 0.329 e. The average Bonchev–Trinajstić information content (AvgIpc) is 2.92. The number of carboxylic acids is 1. The Labute approximate surface area is 135 Å². The summed E-state index contributed by atoms with van der Waals surface area (Å²) in [5, 5.41) is 9.63. The van der Waals surface area contributed by atoms with Gasteiger partial charge in [0, 0.05) is 6.42 Å². The Morgan fingerprint density at radius 3 is 2.39 bits per heavy atom. The number of rotatable bonds is 5. The fourth-order valence-corrected chi connectivity index (χ4v) is 2.86. The molecule has 0 unspecified atom stereocenters. The zero-order chi connectivity index (χ0) is 16.4. The van der Waals surface area contributed by atoms with E-state index in [1.165, 1.54) is 5.56 Å². The van der Waals surface area contributed by atoms with Crippen molar-refractivity contribution in [1.29, 1.82) is 0 Å². The zero-order valence-electron chi connectivity index (χ0n) is 13.4. The van der Waals surface area contributed by atoms with Gasteiger partial charge in [0.25, 0.3) is 0 Å². The van der Waals surface area contributed by atoms with Crippen molar-refractivity contribution in [3.63, 3.8) is 0 Å². The lowest BCUT2D eigenvalue weighted by Gasteiger charge is -2.24. The molecule has 0 bridgehead atoms. The SMILES string of the molecule is CC(C)(C(=O)O)n1c(CCc2ccccc2)nc2ccccc21. The first-order valence-electron chi connectivity index (χ1n) is 7.74. The van der Waals surface area contributed by atoms with Crippen LogP contribution in [0.25, 0.3) is 11.0 Å². The van der Waals surface area contributed by atoms with Gasteiger partial charge in [-0.1, -0.05) is 42.5 Å². The minimum Gasteiger partial charge on any atom is -0.480 e. The Balaban J connectivity index is 2.04. The van der Waals surface area contributed by atoms with E-state index in [1.54, 1.807) is 13.8 Å². The van der Waals surface area contributed by atoms with Crippen LogP contribution in [-0.4, -0.2) is 20.6 Å². The molecule has 0 amide bonds. The van der Waals surface area contributed by atoms with Crippen LogP contribution in [0.15, 0.2) is 54.6 Å². The maximum absolute atomic E-state index is 11.7. The van der Waals surface area contributed by atoms with Gasteiger partial charge in [0.15, 0.2) is 0 Å². The van der Waals surface area contributed by atoms with E-state index in [0.29, 0.717) is 6.42 Å². The molecule has 3 aromatic rings. The minimum absolute atomic E-state index is 0.704. The molecule has 0 atom stereocenters. The number of imidazole rings is 1. The van der Waals surface area contributed by atoms with E-state index in [2.05, 4.69) is 17.1 Å². The van der Waals surface area contributed by atoms with Crippen molar-refractivity contribution in [2.45, 2.75) is 32.2 Å². The third-order valence-corrected chi connectivity index (χ3v) is 4.19. The molecule has 0 aliphatic carbocycles. The van der Waals surface area contributed by atoms with Gasteiger partial charge in [-0.25, -0.2) is 9.78 Å². The Kier molecular flexibility index (Phi) is 3.90. The highest BCUT2D eigenvalue weighted by molar-refractivity contribution is 5.82. The first kappa shape index (κ1) is 15.3. The molecule has 3 rings (SSSR count). The predicted molar refractivity (Wildman–Crippen MR) is 90.5 cm³/mol. The van der Waals surface area contributed by atoms with Crippen molar-refractivity contribution in [3.8, 4) is 0 Å². The van der Waals surface area contributed by atoms with E-state index < -0.39 is 11.5 Å². The first-order valence-corrected chi connectivity index (χ1v) is 7.74. The van der Waals surface area contributed by atoms with Gasteiger partial charge in [-0.05, 0) is 38.0 Å². The van der Waals surface area contributed by atoms with Crippen molar-refractivity contribution in [2.24, 2.45) is 0 Å². The third kappa shape index (κ3) is 2.84. The van der Waals surface area contributed by atoms with Gasteiger partial charge in [-0.15, -0.1) is 0 Å². The summed E-state index contributed by atoms with van der Waals surface area (Å²) in [5.41, 5.74) is 1.88. The number of hydrogen-bond donors (Lipinski definition) is 1. The van der Waals surface area contributed by atoms with Crippen LogP contribution >= 0.6 is 0 Å². The number of hydrogen-bond acceptors (Lipinski definition) is 2. The van der Waals surface area contributed by atoms with Gasteiger partial charge in [0.2, 0.25) is 0 Å². The van der Waals surface area contributed by atoms with Crippen LogP contribution in [0.5, 0.6) is 0 Å². The molecule has 0 spiro atoms. The number of carboxylic acid groups (broad SMARTS) is 1. The predicted octanol–water partition coefficient (Wildman–Crippen LogP) is 3.64. The second-order valence-corrected chi connectivity index (χ2v) is 6.20. The molecule has 0 saturated carbocycles. The number of carbonyl (C=O) groups is 1. The summed E-state index contributed by atoms with van der Waals surface area (Å²) in [6.07, 6.45) is 1.54. The molecule has 23 heavy (non-hydrogen) atoms. The molecule has 0 aliphatic rings. The quantitative estimate of drug-likeness (QED) is 0.783. The topological polar surface area (TPSA) is 55.1 Å². The van der Waals surface area contributed by atoms with Crippen molar-refractivity contribution in [3.05, 3.63) is 66.0 Å². The Morgan fingerprint density at radius 1 is 1.04 bits per heavy atom. The summed E-state index contributed by atoms with van der Waals surface area (Å²) >= 11 is 0. The van der Waals surface area contributed by atoms with Crippen molar-refractivity contribution < 1.29 is 9.90 Å². The average molecular weight is 308 g/mol. The molecule has 1 heterocycles. The van der Waals surface area contributed by atoms with Gasteiger partial charge in [0.05, 0.1) is 11.0 Å². The molecule has 1 aromatic heterocycles. The molecule has 118 valence electrons. The van der Waals surface area contributed by atoms with Crippen molar-refractivity contribution in [2.75, 3.05) is 0 Å². The van der Waals surface area contributed by atoms with Crippen LogP contribution in [0.4, 0.5) is 0 Å². The summed E-state index contributed by atoms with van der Waals surface area (Å²) in [5.74, 6) is -0.0518. The summed E-state index contributed by atoms with van der Waals surface area (Å²) in [7, 11) is 0. The Bertz CT molecular complexity index is 835. The van der Waals surface area contributed by atoms with Crippen LogP contribution in [0.2, 0.25) is 0 Å². The van der Waals surface area contributed by atoms with E-state index in [0.717, 1.165) is 23.3 Å². The van der Waals surface area contributed by atoms with Crippen LogP contribution in [0.3, 0.4) is 0 Å². The number of para-hydroxylation sites is 2. The van der Waals surface area contributed by atoms with Crippen molar-refractivity contribution in [1.82, 2.24) is 9.55 Å². The van der Waals surface area contributed by atoms with Crippen LogP contribution in [-0.2, 0) is 23.2 Å². The number of nitrogens with zero attached hydrogens (tertiary/aromatic N) is 2. The summed E-state index contributed by atoms with van der Waals surface area (Å²) in [6, 6.07) is 17.9. The lowest BCUT2D eigenvalue weighted by atomic mass is 10.0. The van der Waals surface area contributed by atoms with Gasteiger partial charge >= 0.3 is 5.97 Å². The summed E-state index contributed by atoms with van der Waals surface area (Å²) in [4.78, 5) is 16.4.